The summed E-state index contributed by atoms with van der Waals surface area (Å²) in [5.74, 6) is -0.236. The van der Waals surface area contributed by atoms with E-state index in [1.54, 1.807) is 6.07 Å². The van der Waals surface area contributed by atoms with E-state index in [-0.39, 0.29) is 5.82 Å². The highest BCUT2D eigenvalue weighted by Crippen LogP contribution is 2.19. The Balaban J connectivity index is 1.99. The van der Waals surface area contributed by atoms with E-state index in [9.17, 15) is 4.39 Å². The van der Waals surface area contributed by atoms with Crippen LogP contribution in [0.4, 0.5) is 4.39 Å². The van der Waals surface area contributed by atoms with E-state index in [0.717, 1.165) is 35.1 Å². The Hall–Kier alpha value is -1.20. The Kier molecular flexibility index (Phi) is 5.10. The van der Waals surface area contributed by atoms with Crippen LogP contribution in [0.1, 0.15) is 24.5 Å². The van der Waals surface area contributed by atoms with Crippen molar-refractivity contribution >= 4 is 15.9 Å². The van der Waals surface area contributed by atoms with Gasteiger partial charge in [0.15, 0.2) is 0 Å². The Morgan fingerprint density at radius 3 is 3.00 bits per heavy atom. The van der Waals surface area contributed by atoms with Crippen molar-refractivity contribution in [1.82, 2.24) is 15.1 Å². The Bertz CT molecular complexity index is 539. The molecule has 0 amide bonds. The Morgan fingerprint density at radius 2 is 2.26 bits per heavy atom. The molecule has 102 valence electrons. The topological polar surface area (TPSA) is 29.9 Å². The molecule has 1 N–H and O–H groups in total. The molecule has 0 bridgehead atoms. The summed E-state index contributed by atoms with van der Waals surface area (Å²) in [6, 6.07) is 4.71. The number of hydrogen-bond donors (Lipinski definition) is 1. The second-order valence-electron chi connectivity index (χ2n) is 4.46. The molecule has 3 nitrogen and oxygen atoms in total. The highest BCUT2D eigenvalue weighted by atomic mass is 79.9. The number of aromatic nitrogens is 2. The molecule has 0 saturated carbocycles. The molecule has 0 saturated heterocycles. The minimum absolute atomic E-state index is 0.236. The van der Waals surface area contributed by atoms with Crippen LogP contribution in [0.2, 0.25) is 0 Å². The molecular formula is C14H17BrFN3. The molecule has 1 aromatic heterocycles. The summed E-state index contributed by atoms with van der Waals surface area (Å²) < 4.78 is 15.6. The lowest BCUT2D eigenvalue weighted by Crippen LogP contribution is -2.13. The average Bonchev–Trinajstić information content (AvgIpc) is 2.81. The zero-order valence-electron chi connectivity index (χ0n) is 10.9. The molecule has 2 aromatic rings. The Labute approximate surface area is 121 Å². The van der Waals surface area contributed by atoms with Gasteiger partial charge in [0, 0.05) is 22.8 Å². The number of benzene rings is 1. The van der Waals surface area contributed by atoms with Crippen LogP contribution in [0.3, 0.4) is 0 Å². The number of halogens is 2. The van der Waals surface area contributed by atoms with E-state index in [2.05, 4.69) is 33.3 Å². The van der Waals surface area contributed by atoms with Gasteiger partial charge >= 0.3 is 0 Å². The fourth-order valence-corrected chi connectivity index (χ4v) is 2.29. The largest absolute Gasteiger partial charge is 0.313 e. The smallest absolute Gasteiger partial charge is 0.124 e. The zero-order valence-corrected chi connectivity index (χ0v) is 12.5. The molecule has 0 fully saturated rings. The third-order valence-electron chi connectivity index (χ3n) is 2.79. The van der Waals surface area contributed by atoms with Crippen LogP contribution in [0.5, 0.6) is 0 Å². The van der Waals surface area contributed by atoms with Crippen LogP contribution in [-0.4, -0.2) is 16.3 Å². The second-order valence-corrected chi connectivity index (χ2v) is 5.31. The molecule has 1 heterocycles. The van der Waals surface area contributed by atoms with Gasteiger partial charge < -0.3 is 5.32 Å². The second kappa shape index (κ2) is 6.82. The fourth-order valence-electron chi connectivity index (χ4n) is 1.82. The van der Waals surface area contributed by atoms with Crippen molar-refractivity contribution in [1.29, 1.82) is 0 Å². The van der Waals surface area contributed by atoms with Gasteiger partial charge in [-0.25, -0.2) is 4.39 Å². The summed E-state index contributed by atoms with van der Waals surface area (Å²) in [6.07, 6.45) is 5.00. The summed E-state index contributed by atoms with van der Waals surface area (Å²) in [5.41, 5.74) is 2.17. The van der Waals surface area contributed by atoms with Gasteiger partial charge in [0.1, 0.15) is 5.82 Å². The third kappa shape index (κ3) is 4.14. The summed E-state index contributed by atoms with van der Waals surface area (Å²) >= 11 is 3.37. The molecule has 0 spiro atoms. The normalized spacial score (nSPS) is 10.9. The number of hydrogen-bond acceptors (Lipinski definition) is 2. The molecule has 0 aliphatic carbocycles. The van der Waals surface area contributed by atoms with Crippen molar-refractivity contribution in [2.24, 2.45) is 0 Å². The predicted octanol–water partition coefficient (Wildman–Crippen LogP) is 3.33. The van der Waals surface area contributed by atoms with Crippen molar-refractivity contribution in [2.45, 2.75) is 26.4 Å². The van der Waals surface area contributed by atoms with Crippen molar-refractivity contribution in [3.8, 4) is 0 Å². The lowest BCUT2D eigenvalue weighted by Gasteiger charge is -2.05. The molecular weight excluding hydrogens is 309 g/mol. The predicted molar refractivity (Wildman–Crippen MR) is 77.4 cm³/mol. The standard InChI is InChI=1S/C14H17BrFN3/c1-2-5-17-7-11-8-18-19(9-11)10-12-3-4-13(16)6-14(12)15/h3-4,6,8-9,17H,2,5,7,10H2,1H3. The third-order valence-corrected chi connectivity index (χ3v) is 3.53. The van der Waals surface area contributed by atoms with E-state index >= 15 is 0 Å². The Morgan fingerprint density at radius 1 is 1.42 bits per heavy atom. The zero-order chi connectivity index (χ0) is 13.7. The molecule has 0 unspecified atom stereocenters. The first-order chi connectivity index (χ1) is 9.19. The molecule has 0 aliphatic heterocycles. The SMILES string of the molecule is CCCNCc1cnn(Cc2ccc(F)cc2Br)c1. The first-order valence-electron chi connectivity index (χ1n) is 6.35. The number of rotatable bonds is 6. The first-order valence-corrected chi connectivity index (χ1v) is 7.14. The van der Waals surface area contributed by atoms with E-state index in [1.807, 2.05) is 17.1 Å². The highest BCUT2D eigenvalue weighted by molar-refractivity contribution is 9.10. The van der Waals surface area contributed by atoms with Crippen LogP contribution in [-0.2, 0) is 13.1 Å². The maximum Gasteiger partial charge on any atom is 0.124 e. The minimum Gasteiger partial charge on any atom is -0.313 e. The molecule has 0 atom stereocenters. The van der Waals surface area contributed by atoms with Gasteiger partial charge in [-0.2, -0.15) is 5.10 Å². The van der Waals surface area contributed by atoms with Gasteiger partial charge in [-0.3, -0.25) is 4.68 Å². The van der Waals surface area contributed by atoms with E-state index in [4.69, 9.17) is 0 Å². The van der Waals surface area contributed by atoms with Crippen LogP contribution >= 0.6 is 15.9 Å². The van der Waals surface area contributed by atoms with Gasteiger partial charge in [-0.1, -0.05) is 28.9 Å². The highest BCUT2D eigenvalue weighted by Gasteiger charge is 2.04. The average molecular weight is 326 g/mol. The van der Waals surface area contributed by atoms with E-state index in [1.165, 1.54) is 12.1 Å². The van der Waals surface area contributed by atoms with Crippen LogP contribution in [0.25, 0.3) is 0 Å². The quantitative estimate of drug-likeness (QED) is 0.825. The van der Waals surface area contributed by atoms with Crippen molar-refractivity contribution in [3.05, 3.63) is 52.0 Å². The molecule has 19 heavy (non-hydrogen) atoms. The van der Waals surface area contributed by atoms with E-state index < -0.39 is 0 Å². The molecule has 1 aromatic carbocycles. The summed E-state index contributed by atoms with van der Waals surface area (Å²) in [4.78, 5) is 0. The van der Waals surface area contributed by atoms with Crippen LogP contribution < -0.4 is 5.32 Å². The monoisotopic (exact) mass is 325 g/mol. The summed E-state index contributed by atoms with van der Waals surface area (Å²) in [5, 5.41) is 7.65. The van der Waals surface area contributed by atoms with Gasteiger partial charge in [-0.05, 0) is 30.7 Å². The van der Waals surface area contributed by atoms with Crippen molar-refractivity contribution < 1.29 is 4.39 Å². The van der Waals surface area contributed by atoms with Gasteiger partial charge in [0.2, 0.25) is 0 Å². The van der Waals surface area contributed by atoms with Gasteiger partial charge in [-0.15, -0.1) is 0 Å². The van der Waals surface area contributed by atoms with Gasteiger partial charge in [0.05, 0.1) is 12.7 Å². The number of nitrogens with zero attached hydrogens (tertiary/aromatic N) is 2. The first kappa shape index (κ1) is 14.2. The minimum atomic E-state index is -0.236. The summed E-state index contributed by atoms with van der Waals surface area (Å²) in [6.45, 7) is 4.62. The maximum absolute atomic E-state index is 13.0. The maximum atomic E-state index is 13.0. The number of nitrogens with one attached hydrogen (secondary N) is 1. The molecule has 2 rings (SSSR count). The van der Waals surface area contributed by atoms with Crippen LogP contribution in [0, 0.1) is 5.82 Å². The van der Waals surface area contributed by atoms with Crippen molar-refractivity contribution in [2.75, 3.05) is 6.54 Å². The lowest BCUT2D eigenvalue weighted by atomic mass is 10.2. The van der Waals surface area contributed by atoms with Crippen LogP contribution in [0.15, 0.2) is 35.1 Å². The lowest BCUT2D eigenvalue weighted by molar-refractivity contribution is 0.622. The molecule has 0 aliphatic rings. The summed E-state index contributed by atoms with van der Waals surface area (Å²) in [7, 11) is 0. The van der Waals surface area contributed by atoms with E-state index in [0.29, 0.717) is 6.54 Å². The molecule has 5 heteroatoms. The van der Waals surface area contributed by atoms with Gasteiger partial charge in [0.25, 0.3) is 0 Å². The fraction of sp³-hybridized carbons (Fsp3) is 0.357. The van der Waals surface area contributed by atoms with Crippen molar-refractivity contribution in [3.63, 3.8) is 0 Å². The molecule has 0 radical (unpaired) electrons.